The van der Waals surface area contributed by atoms with E-state index < -0.39 is 10.0 Å². The third-order valence-electron chi connectivity index (χ3n) is 3.21. The second-order valence-electron chi connectivity index (χ2n) is 4.58. The molecule has 5 nitrogen and oxygen atoms in total. The van der Waals surface area contributed by atoms with E-state index in [0.717, 1.165) is 0 Å². The van der Waals surface area contributed by atoms with Gasteiger partial charge in [-0.25, -0.2) is 8.42 Å². The molecule has 0 amide bonds. The van der Waals surface area contributed by atoms with Gasteiger partial charge in [-0.05, 0) is 46.3 Å². The fraction of sp³-hybridized carbons (Fsp3) is 0.143. The number of para-hydroxylation sites is 2. The lowest BCUT2D eigenvalue weighted by molar-refractivity contribution is 0.316. The zero-order valence-electron chi connectivity index (χ0n) is 11.0. The Balaban J connectivity index is 2.12. The summed E-state index contributed by atoms with van der Waals surface area (Å²) in [6.45, 7) is 0.596. The molecule has 2 aromatic rings. The van der Waals surface area contributed by atoms with Crippen LogP contribution in [0.3, 0.4) is 0 Å². The molecule has 0 aromatic heterocycles. The molecule has 2 N–H and O–H groups in total. The van der Waals surface area contributed by atoms with Gasteiger partial charge in [-0.3, -0.25) is 4.31 Å². The predicted molar refractivity (Wildman–Crippen MR) is 85.0 cm³/mol. The third-order valence-corrected chi connectivity index (χ3v) is 6.00. The molecule has 1 aliphatic rings. The number of hydrogen-bond acceptors (Lipinski definition) is 4. The van der Waals surface area contributed by atoms with Crippen LogP contribution in [0, 0.1) is 0 Å². The highest BCUT2D eigenvalue weighted by atomic mass is 79.9. The molecule has 0 radical (unpaired) electrons. The van der Waals surface area contributed by atoms with Crippen molar-refractivity contribution < 1.29 is 13.2 Å². The van der Waals surface area contributed by atoms with Crippen LogP contribution < -0.4 is 14.8 Å². The van der Waals surface area contributed by atoms with E-state index >= 15 is 0 Å². The van der Waals surface area contributed by atoms with E-state index in [2.05, 4.69) is 15.9 Å². The van der Waals surface area contributed by atoms with Crippen molar-refractivity contribution in [3.63, 3.8) is 0 Å². The quantitative estimate of drug-likeness (QED) is 0.826. The summed E-state index contributed by atoms with van der Waals surface area (Å²) >= 11 is 3.27. The molecule has 0 unspecified atom stereocenters. The maximum atomic E-state index is 12.9. The second kappa shape index (κ2) is 5.23. The van der Waals surface area contributed by atoms with Gasteiger partial charge in [-0.15, -0.1) is 0 Å². The van der Waals surface area contributed by atoms with Crippen LogP contribution in [-0.4, -0.2) is 21.6 Å². The molecule has 1 aliphatic heterocycles. The summed E-state index contributed by atoms with van der Waals surface area (Å²) in [7, 11) is -3.67. The smallest absolute Gasteiger partial charge is 0.265 e. The van der Waals surface area contributed by atoms with Crippen LogP contribution in [0.4, 0.5) is 11.4 Å². The van der Waals surface area contributed by atoms with Crippen LogP contribution >= 0.6 is 15.9 Å². The fourth-order valence-corrected chi connectivity index (χ4v) is 4.76. The van der Waals surface area contributed by atoms with Gasteiger partial charge in [-0.2, -0.15) is 0 Å². The van der Waals surface area contributed by atoms with Gasteiger partial charge in [0.2, 0.25) is 0 Å². The van der Waals surface area contributed by atoms with E-state index in [1.165, 1.54) is 10.4 Å². The van der Waals surface area contributed by atoms with E-state index in [4.69, 9.17) is 10.5 Å². The Morgan fingerprint density at radius 3 is 2.71 bits per heavy atom. The standard InChI is InChI=1S/C14H13BrN2O3S/c15-11-9-10(16)5-6-14(11)21(18,19)17-7-8-20-13-4-2-1-3-12(13)17/h1-6,9H,7-8,16H2. The molecular weight excluding hydrogens is 356 g/mol. The normalized spacial score (nSPS) is 14.4. The molecule has 0 bridgehead atoms. The molecule has 1 heterocycles. The van der Waals surface area contributed by atoms with Gasteiger partial charge in [0, 0.05) is 10.2 Å². The molecular formula is C14H13BrN2O3S. The highest BCUT2D eigenvalue weighted by Gasteiger charge is 2.31. The topological polar surface area (TPSA) is 72.6 Å². The minimum absolute atomic E-state index is 0.188. The number of nitrogens with zero attached hydrogens (tertiary/aromatic N) is 1. The molecule has 0 aliphatic carbocycles. The van der Waals surface area contributed by atoms with Crippen LogP contribution in [0.2, 0.25) is 0 Å². The Morgan fingerprint density at radius 2 is 1.95 bits per heavy atom. The maximum Gasteiger partial charge on any atom is 0.265 e. The lowest BCUT2D eigenvalue weighted by Crippen LogP contribution is -2.38. The first-order valence-corrected chi connectivity index (χ1v) is 8.53. The molecule has 0 fully saturated rings. The first-order valence-electron chi connectivity index (χ1n) is 6.30. The Bertz CT molecular complexity index is 793. The minimum Gasteiger partial charge on any atom is -0.489 e. The molecule has 110 valence electrons. The number of fused-ring (bicyclic) bond motifs is 1. The van der Waals surface area contributed by atoms with Gasteiger partial charge in [0.05, 0.1) is 12.2 Å². The number of nitrogen functional groups attached to an aromatic ring is 1. The number of benzene rings is 2. The van der Waals surface area contributed by atoms with E-state index in [-0.39, 0.29) is 11.4 Å². The van der Waals surface area contributed by atoms with E-state index in [1.54, 1.807) is 30.3 Å². The number of hydrogen-bond donors (Lipinski definition) is 1. The van der Waals surface area contributed by atoms with Crippen molar-refractivity contribution in [3.8, 4) is 5.75 Å². The predicted octanol–water partition coefficient (Wildman–Crippen LogP) is 2.62. The number of anilines is 2. The van der Waals surface area contributed by atoms with Crippen LogP contribution in [0.1, 0.15) is 0 Å². The summed E-state index contributed by atoms with van der Waals surface area (Å²) in [4.78, 5) is 0.188. The first-order chi connectivity index (χ1) is 10.00. The van der Waals surface area contributed by atoms with Crippen molar-refractivity contribution in [2.75, 3.05) is 23.2 Å². The Kier molecular flexibility index (Phi) is 3.54. The van der Waals surface area contributed by atoms with Gasteiger partial charge in [0.15, 0.2) is 0 Å². The zero-order chi connectivity index (χ0) is 15.0. The van der Waals surface area contributed by atoms with Crippen molar-refractivity contribution in [1.82, 2.24) is 0 Å². The Labute approximate surface area is 131 Å². The van der Waals surface area contributed by atoms with E-state index in [1.807, 2.05) is 6.07 Å². The minimum atomic E-state index is -3.67. The average Bonchev–Trinajstić information content (AvgIpc) is 2.46. The van der Waals surface area contributed by atoms with Crippen LogP contribution in [-0.2, 0) is 10.0 Å². The summed E-state index contributed by atoms with van der Waals surface area (Å²) in [5.74, 6) is 0.568. The number of ether oxygens (including phenoxy) is 1. The Morgan fingerprint density at radius 1 is 1.19 bits per heavy atom. The monoisotopic (exact) mass is 368 g/mol. The third kappa shape index (κ3) is 2.47. The van der Waals surface area contributed by atoms with Crippen molar-refractivity contribution in [2.24, 2.45) is 0 Å². The van der Waals surface area contributed by atoms with Gasteiger partial charge in [0.1, 0.15) is 17.3 Å². The van der Waals surface area contributed by atoms with Gasteiger partial charge < -0.3 is 10.5 Å². The zero-order valence-corrected chi connectivity index (χ0v) is 13.4. The van der Waals surface area contributed by atoms with E-state index in [9.17, 15) is 8.42 Å². The SMILES string of the molecule is Nc1ccc(S(=O)(=O)N2CCOc3ccccc32)c(Br)c1. The number of halogens is 1. The van der Waals surface area contributed by atoms with Crippen molar-refractivity contribution >= 4 is 37.3 Å². The number of sulfonamides is 1. The van der Waals surface area contributed by atoms with E-state index in [0.29, 0.717) is 28.2 Å². The molecule has 2 aromatic carbocycles. The molecule has 7 heteroatoms. The summed E-state index contributed by atoms with van der Waals surface area (Å²) in [6.07, 6.45) is 0. The van der Waals surface area contributed by atoms with Crippen molar-refractivity contribution in [2.45, 2.75) is 4.90 Å². The summed E-state index contributed by atoms with van der Waals surface area (Å²) in [5.41, 5.74) is 6.72. The lowest BCUT2D eigenvalue weighted by Gasteiger charge is -2.30. The summed E-state index contributed by atoms with van der Waals surface area (Å²) in [6, 6.07) is 11.8. The average molecular weight is 369 g/mol. The number of rotatable bonds is 2. The molecule has 0 spiro atoms. The molecule has 0 saturated carbocycles. The second-order valence-corrected chi connectivity index (χ2v) is 7.27. The lowest BCUT2D eigenvalue weighted by atomic mass is 10.2. The van der Waals surface area contributed by atoms with Crippen molar-refractivity contribution in [3.05, 3.63) is 46.9 Å². The van der Waals surface area contributed by atoms with Gasteiger partial charge in [-0.1, -0.05) is 12.1 Å². The largest absolute Gasteiger partial charge is 0.489 e. The summed E-state index contributed by atoms with van der Waals surface area (Å²) in [5, 5.41) is 0. The molecule has 21 heavy (non-hydrogen) atoms. The van der Waals surface area contributed by atoms with Crippen LogP contribution in [0.25, 0.3) is 0 Å². The van der Waals surface area contributed by atoms with Crippen LogP contribution in [0.15, 0.2) is 51.8 Å². The van der Waals surface area contributed by atoms with Gasteiger partial charge in [0.25, 0.3) is 10.0 Å². The highest BCUT2D eigenvalue weighted by Crippen LogP contribution is 2.36. The number of nitrogens with two attached hydrogens (primary N) is 1. The summed E-state index contributed by atoms with van der Waals surface area (Å²) < 4.78 is 33.1. The van der Waals surface area contributed by atoms with Crippen molar-refractivity contribution in [1.29, 1.82) is 0 Å². The molecule has 0 saturated heterocycles. The maximum absolute atomic E-state index is 12.9. The van der Waals surface area contributed by atoms with Crippen LogP contribution in [0.5, 0.6) is 5.75 Å². The Hall–Kier alpha value is -1.73. The first kappa shape index (κ1) is 14.2. The molecule has 3 rings (SSSR count). The molecule has 0 atom stereocenters. The highest BCUT2D eigenvalue weighted by molar-refractivity contribution is 9.10. The van der Waals surface area contributed by atoms with Gasteiger partial charge >= 0.3 is 0 Å². The fourth-order valence-electron chi connectivity index (χ4n) is 2.24.